The molecule has 0 fully saturated rings. The number of rotatable bonds is 8. The SMILES string of the molecule is CCN(CC)S(=O)(=O)c1ccc2nc(NC(=O)C(c3ccccc3)c3ccccc3)sc2c1. The standard InChI is InChI=1S/C25H25N3O3S2/c1-3-28(4-2)33(30,31)20-15-16-21-22(17-20)32-25(26-21)27-24(29)23(18-11-7-5-8-12-18)19-13-9-6-10-14-19/h5-17,23H,3-4H2,1-2H3,(H,26,27,29). The Balaban J connectivity index is 1.64. The molecule has 1 aromatic heterocycles. The third-order valence-electron chi connectivity index (χ3n) is 5.46. The molecule has 0 saturated carbocycles. The van der Waals surface area contributed by atoms with Crippen LogP contribution in [-0.4, -0.2) is 36.7 Å². The summed E-state index contributed by atoms with van der Waals surface area (Å²) in [5, 5.41) is 3.37. The minimum Gasteiger partial charge on any atom is -0.301 e. The number of amides is 1. The fourth-order valence-corrected chi connectivity index (χ4v) is 6.26. The first kappa shape index (κ1) is 23.1. The van der Waals surface area contributed by atoms with Crippen molar-refractivity contribution in [1.29, 1.82) is 0 Å². The number of fused-ring (bicyclic) bond motifs is 1. The second-order valence-electron chi connectivity index (χ2n) is 7.48. The lowest BCUT2D eigenvalue weighted by Crippen LogP contribution is -2.30. The summed E-state index contributed by atoms with van der Waals surface area (Å²) in [6, 6.07) is 24.1. The van der Waals surface area contributed by atoms with Gasteiger partial charge in [0, 0.05) is 13.1 Å². The summed E-state index contributed by atoms with van der Waals surface area (Å²) < 4.78 is 27.9. The van der Waals surface area contributed by atoms with Crippen molar-refractivity contribution in [3.63, 3.8) is 0 Å². The van der Waals surface area contributed by atoms with Crippen LogP contribution >= 0.6 is 11.3 Å². The van der Waals surface area contributed by atoms with Gasteiger partial charge in [0.25, 0.3) is 0 Å². The van der Waals surface area contributed by atoms with Crippen LogP contribution in [0.1, 0.15) is 30.9 Å². The van der Waals surface area contributed by atoms with Crippen molar-refractivity contribution in [1.82, 2.24) is 9.29 Å². The summed E-state index contributed by atoms with van der Waals surface area (Å²) >= 11 is 1.26. The van der Waals surface area contributed by atoms with Crippen LogP contribution in [0.25, 0.3) is 10.2 Å². The Labute approximate surface area is 198 Å². The number of carbonyl (C=O) groups excluding carboxylic acids is 1. The maximum Gasteiger partial charge on any atom is 0.243 e. The number of anilines is 1. The second kappa shape index (κ2) is 9.82. The maximum absolute atomic E-state index is 13.3. The molecule has 1 amide bonds. The van der Waals surface area contributed by atoms with E-state index in [2.05, 4.69) is 10.3 Å². The number of aromatic nitrogens is 1. The zero-order chi connectivity index (χ0) is 23.4. The van der Waals surface area contributed by atoms with E-state index in [1.54, 1.807) is 18.2 Å². The van der Waals surface area contributed by atoms with Gasteiger partial charge in [-0.1, -0.05) is 85.8 Å². The Hall–Kier alpha value is -3.07. The van der Waals surface area contributed by atoms with Gasteiger partial charge in [-0.15, -0.1) is 0 Å². The largest absolute Gasteiger partial charge is 0.301 e. The van der Waals surface area contributed by atoms with Gasteiger partial charge in [0.05, 0.1) is 21.0 Å². The van der Waals surface area contributed by atoms with E-state index in [0.717, 1.165) is 11.1 Å². The van der Waals surface area contributed by atoms with Gasteiger partial charge in [0.2, 0.25) is 15.9 Å². The highest BCUT2D eigenvalue weighted by Gasteiger charge is 2.25. The smallest absolute Gasteiger partial charge is 0.243 e. The molecule has 0 aliphatic rings. The molecule has 33 heavy (non-hydrogen) atoms. The molecule has 8 heteroatoms. The minimum absolute atomic E-state index is 0.192. The predicted octanol–water partition coefficient (Wildman–Crippen LogP) is 5.10. The molecule has 0 saturated heterocycles. The molecule has 0 bridgehead atoms. The van der Waals surface area contributed by atoms with Crippen LogP contribution in [0, 0.1) is 0 Å². The van der Waals surface area contributed by atoms with Crippen LogP contribution in [0.15, 0.2) is 83.8 Å². The molecule has 6 nitrogen and oxygen atoms in total. The van der Waals surface area contributed by atoms with Gasteiger partial charge >= 0.3 is 0 Å². The molecule has 0 unspecified atom stereocenters. The molecule has 4 aromatic rings. The summed E-state index contributed by atoms with van der Waals surface area (Å²) in [5.74, 6) is -0.680. The maximum atomic E-state index is 13.3. The Morgan fingerprint density at radius 2 is 1.52 bits per heavy atom. The molecule has 170 valence electrons. The zero-order valence-electron chi connectivity index (χ0n) is 18.4. The first-order chi connectivity index (χ1) is 15.9. The first-order valence-electron chi connectivity index (χ1n) is 10.8. The second-order valence-corrected chi connectivity index (χ2v) is 10.5. The third kappa shape index (κ3) is 4.83. The van der Waals surface area contributed by atoms with E-state index in [1.165, 1.54) is 15.6 Å². The molecule has 0 spiro atoms. The number of carbonyl (C=O) groups is 1. The van der Waals surface area contributed by atoms with Crippen LogP contribution in [0.2, 0.25) is 0 Å². The Kier molecular flexibility index (Phi) is 6.88. The summed E-state index contributed by atoms with van der Waals surface area (Å²) in [5.41, 5.74) is 2.41. The van der Waals surface area contributed by atoms with Gasteiger partial charge in [0.1, 0.15) is 0 Å². The van der Waals surface area contributed by atoms with Crippen LogP contribution in [0.5, 0.6) is 0 Å². The van der Waals surface area contributed by atoms with Gasteiger partial charge in [-0.05, 0) is 29.3 Å². The van der Waals surface area contributed by atoms with Gasteiger partial charge in [-0.2, -0.15) is 4.31 Å². The topological polar surface area (TPSA) is 79.4 Å². The van der Waals surface area contributed by atoms with E-state index in [9.17, 15) is 13.2 Å². The minimum atomic E-state index is -3.57. The van der Waals surface area contributed by atoms with E-state index in [-0.39, 0.29) is 10.8 Å². The van der Waals surface area contributed by atoms with E-state index in [1.807, 2.05) is 74.5 Å². The normalized spacial score (nSPS) is 11.9. The van der Waals surface area contributed by atoms with E-state index in [0.29, 0.717) is 28.4 Å². The quantitative estimate of drug-likeness (QED) is 0.381. The Morgan fingerprint density at radius 3 is 2.06 bits per heavy atom. The van der Waals surface area contributed by atoms with E-state index >= 15 is 0 Å². The van der Waals surface area contributed by atoms with Crippen molar-refractivity contribution < 1.29 is 13.2 Å². The molecule has 0 aliphatic heterocycles. The van der Waals surface area contributed by atoms with Gasteiger partial charge in [-0.3, -0.25) is 4.79 Å². The van der Waals surface area contributed by atoms with Crippen LogP contribution in [-0.2, 0) is 14.8 Å². The molecule has 0 aliphatic carbocycles. The first-order valence-corrected chi connectivity index (χ1v) is 13.0. The molecule has 4 rings (SSSR count). The number of hydrogen-bond acceptors (Lipinski definition) is 5. The third-order valence-corrected chi connectivity index (χ3v) is 8.44. The van der Waals surface area contributed by atoms with Crippen molar-refractivity contribution in [2.75, 3.05) is 18.4 Å². The van der Waals surface area contributed by atoms with Gasteiger partial charge in [-0.25, -0.2) is 13.4 Å². The number of thiazole rings is 1. The average Bonchev–Trinajstić information content (AvgIpc) is 3.22. The zero-order valence-corrected chi connectivity index (χ0v) is 20.1. The number of sulfonamides is 1. The lowest BCUT2D eigenvalue weighted by Gasteiger charge is -2.18. The molecule has 0 atom stereocenters. The molecule has 1 heterocycles. The molecule has 3 aromatic carbocycles. The van der Waals surface area contributed by atoms with Crippen molar-refractivity contribution >= 4 is 42.6 Å². The highest BCUT2D eigenvalue weighted by molar-refractivity contribution is 7.89. The van der Waals surface area contributed by atoms with Crippen LogP contribution in [0.3, 0.4) is 0 Å². The predicted molar refractivity (Wildman–Crippen MR) is 133 cm³/mol. The van der Waals surface area contributed by atoms with Crippen molar-refractivity contribution in [3.8, 4) is 0 Å². The van der Waals surface area contributed by atoms with Crippen molar-refractivity contribution in [3.05, 3.63) is 90.0 Å². The number of nitrogens with one attached hydrogen (secondary N) is 1. The van der Waals surface area contributed by atoms with E-state index < -0.39 is 15.9 Å². The summed E-state index contributed by atoms with van der Waals surface area (Å²) in [7, 11) is -3.57. The molecular formula is C25H25N3O3S2. The monoisotopic (exact) mass is 479 g/mol. The van der Waals surface area contributed by atoms with Crippen LogP contribution < -0.4 is 5.32 Å². The fraction of sp³-hybridized carbons (Fsp3) is 0.200. The van der Waals surface area contributed by atoms with Gasteiger partial charge in [0.15, 0.2) is 5.13 Å². The summed E-state index contributed by atoms with van der Waals surface area (Å²) in [4.78, 5) is 18.1. The average molecular weight is 480 g/mol. The number of nitrogens with zero attached hydrogens (tertiary/aromatic N) is 2. The van der Waals surface area contributed by atoms with Gasteiger partial charge < -0.3 is 5.32 Å². The van der Waals surface area contributed by atoms with Crippen molar-refractivity contribution in [2.45, 2.75) is 24.7 Å². The highest BCUT2D eigenvalue weighted by Crippen LogP contribution is 2.31. The molecule has 0 radical (unpaired) electrons. The summed E-state index contributed by atoms with van der Waals surface area (Å²) in [6.45, 7) is 4.44. The fourth-order valence-electron chi connectivity index (χ4n) is 3.80. The lowest BCUT2D eigenvalue weighted by atomic mass is 9.90. The molecule has 1 N–H and O–H groups in total. The Bertz CT molecular complexity index is 1310. The summed E-state index contributed by atoms with van der Waals surface area (Å²) in [6.07, 6.45) is 0. The lowest BCUT2D eigenvalue weighted by molar-refractivity contribution is -0.116. The van der Waals surface area contributed by atoms with E-state index in [4.69, 9.17) is 0 Å². The Morgan fingerprint density at radius 1 is 0.939 bits per heavy atom. The number of benzene rings is 3. The number of hydrogen-bond donors (Lipinski definition) is 1. The van der Waals surface area contributed by atoms with Crippen molar-refractivity contribution in [2.24, 2.45) is 0 Å². The molecular weight excluding hydrogens is 454 g/mol. The van der Waals surface area contributed by atoms with Crippen LogP contribution in [0.4, 0.5) is 5.13 Å². The highest BCUT2D eigenvalue weighted by atomic mass is 32.2.